The number of thiazole rings is 1. The molecule has 33 heavy (non-hydrogen) atoms. The normalized spacial score (nSPS) is 13.7. The molecule has 164 valence electrons. The summed E-state index contributed by atoms with van der Waals surface area (Å²) < 4.78 is 1.88. The highest BCUT2D eigenvalue weighted by Gasteiger charge is 2.31. The first kappa shape index (κ1) is 21.4. The number of pyridine rings is 1. The van der Waals surface area contributed by atoms with Crippen LogP contribution in [0.5, 0.6) is 0 Å². The maximum atomic E-state index is 13.7. The highest BCUT2D eigenvalue weighted by atomic mass is 79.9. The first-order valence-corrected chi connectivity index (χ1v) is 11.8. The summed E-state index contributed by atoms with van der Waals surface area (Å²) in [5.74, 6) is -0.807. The summed E-state index contributed by atoms with van der Waals surface area (Å²) in [7, 11) is 0. The molecule has 0 spiro atoms. The SMILES string of the molecule is O=C(c1cccc(N2C(=O)CCC2=O)c1)N(Cc1ccccn1)c1nc2ccc(Br)cc2s1. The van der Waals surface area contributed by atoms with Crippen LogP contribution in [0.25, 0.3) is 10.2 Å². The number of carbonyl (C=O) groups is 3. The number of fused-ring (bicyclic) bond motifs is 1. The van der Waals surface area contributed by atoms with E-state index >= 15 is 0 Å². The predicted molar refractivity (Wildman–Crippen MR) is 130 cm³/mol. The average Bonchev–Trinajstić information content (AvgIpc) is 3.39. The summed E-state index contributed by atoms with van der Waals surface area (Å²) >= 11 is 4.89. The average molecular weight is 521 g/mol. The summed E-state index contributed by atoms with van der Waals surface area (Å²) in [4.78, 5) is 49.8. The Morgan fingerprint density at radius 1 is 1.03 bits per heavy atom. The number of amides is 3. The van der Waals surface area contributed by atoms with Gasteiger partial charge in [-0.05, 0) is 48.5 Å². The van der Waals surface area contributed by atoms with Crippen LogP contribution in [-0.4, -0.2) is 27.7 Å². The van der Waals surface area contributed by atoms with Crippen molar-refractivity contribution >= 4 is 66.0 Å². The maximum Gasteiger partial charge on any atom is 0.260 e. The van der Waals surface area contributed by atoms with Crippen molar-refractivity contribution in [2.24, 2.45) is 0 Å². The molecule has 2 aromatic carbocycles. The van der Waals surface area contributed by atoms with Crippen molar-refractivity contribution in [1.29, 1.82) is 0 Å². The molecule has 0 bridgehead atoms. The summed E-state index contributed by atoms with van der Waals surface area (Å²) in [6, 6.07) is 17.9. The minimum absolute atomic E-state index is 0.185. The zero-order chi connectivity index (χ0) is 22.9. The lowest BCUT2D eigenvalue weighted by atomic mass is 10.1. The lowest BCUT2D eigenvalue weighted by Crippen LogP contribution is -2.32. The largest absolute Gasteiger partial charge is 0.278 e. The summed E-state index contributed by atoms with van der Waals surface area (Å²) in [5.41, 5.74) is 2.27. The van der Waals surface area contributed by atoms with Crippen LogP contribution < -0.4 is 9.80 Å². The highest BCUT2D eigenvalue weighted by molar-refractivity contribution is 9.10. The monoisotopic (exact) mass is 520 g/mol. The number of rotatable bonds is 5. The van der Waals surface area contributed by atoms with Gasteiger partial charge in [-0.2, -0.15) is 0 Å². The molecule has 3 heterocycles. The van der Waals surface area contributed by atoms with Gasteiger partial charge in [0.1, 0.15) is 0 Å². The van der Waals surface area contributed by atoms with Crippen LogP contribution in [0, 0.1) is 0 Å². The van der Waals surface area contributed by atoms with Crippen LogP contribution in [0.3, 0.4) is 0 Å². The number of hydrogen-bond donors (Lipinski definition) is 0. The number of nitrogens with zero attached hydrogens (tertiary/aromatic N) is 4. The molecule has 1 fully saturated rings. The van der Waals surface area contributed by atoms with Crippen molar-refractivity contribution in [3.05, 3.63) is 82.6 Å². The second kappa shape index (κ2) is 8.84. The Hall–Kier alpha value is -3.43. The number of halogens is 1. The topological polar surface area (TPSA) is 83.5 Å². The third-order valence-electron chi connectivity index (χ3n) is 5.26. The fraction of sp³-hybridized carbons (Fsp3) is 0.125. The molecule has 0 N–H and O–H groups in total. The summed E-state index contributed by atoms with van der Waals surface area (Å²) in [6.07, 6.45) is 2.05. The molecule has 4 aromatic rings. The number of hydrogen-bond acceptors (Lipinski definition) is 6. The first-order valence-electron chi connectivity index (χ1n) is 10.2. The zero-order valence-electron chi connectivity index (χ0n) is 17.3. The van der Waals surface area contributed by atoms with Crippen LogP contribution in [0.15, 0.2) is 71.3 Å². The lowest BCUT2D eigenvalue weighted by Gasteiger charge is -2.21. The molecule has 9 heteroatoms. The van der Waals surface area contributed by atoms with Crippen LogP contribution in [0.4, 0.5) is 10.8 Å². The van der Waals surface area contributed by atoms with E-state index in [1.54, 1.807) is 35.4 Å². The van der Waals surface area contributed by atoms with Crippen LogP contribution in [0.2, 0.25) is 0 Å². The van der Waals surface area contributed by atoms with E-state index in [0.717, 1.165) is 19.6 Å². The maximum absolute atomic E-state index is 13.7. The Balaban J connectivity index is 1.54. The van der Waals surface area contributed by atoms with Crippen molar-refractivity contribution < 1.29 is 14.4 Å². The number of anilines is 2. The standard InChI is InChI=1S/C24H17BrN4O3S/c25-16-7-8-19-20(13-16)33-24(27-19)28(14-17-5-1-2-11-26-17)23(32)15-4-3-6-18(12-15)29-21(30)9-10-22(29)31/h1-8,11-13H,9-10,14H2. The smallest absolute Gasteiger partial charge is 0.260 e. The molecular formula is C24H17BrN4O3S. The number of aromatic nitrogens is 2. The van der Waals surface area contributed by atoms with E-state index in [1.807, 2.05) is 36.4 Å². The van der Waals surface area contributed by atoms with Crippen molar-refractivity contribution in [2.45, 2.75) is 19.4 Å². The van der Waals surface area contributed by atoms with Gasteiger partial charge in [0.15, 0.2) is 5.13 Å². The van der Waals surface area contributed by atoms with Gasteiger partial charge in [0, 0.05) is 29.1 Å². The van der Waals surface area contributed by atoms with Gasteiger partial charge in [-0.1, -0.05) is 39.4 Å². The third-order valence-corrected chi connectivity index (χ3v) is 6.80. The third kappa shape index (κ3) is 4.29. The molecule has 1 aliphatic rings. The molecule has 0 atom stereocenters. The van der Waals surface area contributed by atoms with E-state index in [4.69, 9.17) is 0 Å². The van der Waals surface area contributed by atoms with E-state index in [-0.39, 0.29) is 37.1 Å². The molecule has 7 nitrogen and oxygen atoms in total. The van der Waals surface area contributed by atoms with Crippen molar-refractivity contribution in [1.82, 2.24) is 9.97 Å². The number of benzene rings is 2. The van der Waals surface area contributed by atoms with Gasteiger partial charge in [0.2, 0.25) is 11.8 Å². The van der Waals surface area contributed by atoms with E-state index in [1.165, 1.54) is 11.3 Å². The van der Waals surface area contributed by atoms with Crippen molar-refractivity contribution in [3.8, 4) is 0 Å². The molecule has 0 unspecified atom stereocenters. The molecule has 1 saturated heterocycles. The quantitative estimate of drug-likeness (QED) is 0.347. The van der Waals surface area contributed by atoms with Gasteiger partial charge in [-0.25, -0.2) is 4.98 Å². The van der Waals surface area contributed by atoms with E-state index in [2.05, 4.69) is 25.9 Å². The molecule has 1 aliphatic heterocycles. The second-order valence-electron chi connectivity index (χ2n) is 7.49. The van der Waals surface area contributed by atoms with Crippen LogP contribution in [0.1, 0.15) is 28.9 Å². The summed E-state index contributed by atoms with van der Waals surface area (Å²) in [6.45, 7) is 0.229. The van der Waals surface area contributed by atoms with Crippen molar-refractivity contribution in [2.75, 3.05) is 9.80 Å². The Bertz CT molecular complexity index is 1370. The van der Waals surface area contributed by atoms with Gasteiger partial charge in [0.25, 0.3) is 5.91 Å². The minimum atomic E-state index is -0.292. The van der Waals surface area contributed by atoms with Gasteiger partial charge in [-0.15, -0.1) is 0 Å². The Morgan fingerprint density at radius 2 is 1.85 bits per heavy atom. The molecule has 5 rings (SSSR count). The molecule has 0 aliphatic carbocycles. The Kier molecular flexibility index (Phi) is 5.74. The van der Waals surface area contributed by atoms with E-state index < -0.39 is 0 Å². The Labute approximate surface area is 201 Å². The van der Waals surface area contributed by atoms with Crippen LogP contribution in [-0.2, 0) is 16.1 Å². The lowest BCUT2D eigenvalue weighted by molar-refractivity contribution is -0.121. The fourth-order valence-electron chi connectivity index (χ4n) is 3.68. The Morgan fingerprint density at radius 3 is 2.61 bits per heavy atom. The fourth-order valence-corrected chi connectivity index (χ4v) is 5.20. The number of carbonyl (C=O) groups excluding carboxylic acids is 3. The molecule has 0 saturated carbocycles. The predicted octanol–water partition coefficient (Wildman–Crippen LogP) is 4.95. The van der Waals surface area contributed by atoms with E-state index in [9.17, 15) is 14.4 Å². The molecule has 0 radical (unpaired) electrons. The van der Waals surface area contributed by atoms with Gasteiger partial charge in [0.05, 0.1) is 28.1 Å². The van der Waals surface area contributed by atoms with Crippen molar-refractivity contribution in [3.63, 3.8) is 0 Å². The van der Waals surface area contributed by atoms with E-state index in [0.29, 0.717) is 22.1 Å². The molecular weight excluding hydrogens is 504 g/mol. The van der Waals surface area contributed by atoms with Crippen LogP contribution >= 0.6 is 27.3 Å². The van der Waals surface area contributed by atoms with Gasteiger partial charge >= 0.3 is 0 Å². The zero-order valence-corrected chi connectivity index (χ0v) is 19.7. The second-order valence-corrected chi connectivity index (χ2v) is 9.42. The first-order chi connectivity index (χ1) is 16.0. The minimum Gasteiger partial charge on any atom is -0.278 e. The molecule has 2 aromatic heterocycles. The molecule has 3 amide bonds. The highest BCUT2D eigenvalue weighted by Crippen LogP contribution is 2.33. The van der Waals surface area contributed by atoms with Gasteiger partial charge < -0.3 is 0 Å². The summed E-state index contributed by atoms with van der Waals surface area (Å²) in [5, 5.41) is 0.539. The van der Waals surface area contributed by atoms with Gasteiger partial charge in [-0.3, -0.25) is 29.2 Å². The number of imide groups is 1.